The number of nitrogens with zero attached hydrogens (tertiary/aromatic N) is 4. The maximum atomic E-state index is 12.9. The highest BCUT2D eigenvalue weighted by molar-refractivity contribution is 7.07. The Labute approximate surface area is 219 Å². The molecule has 2 amide bonds. The second kappa shape index (κ2) is 12.9. The molecule has 1 fully saturated rings. The molecule has 194 valence electrons. The molecule has 10 nitrogen and oxygen atoms in total. The number of hydrogen-bond donors (Lipinski definition) is 3. The van der Waals surface area contributed by atoms with Crippen LogP contribution in [0.2, 0.25) is 0 Å². The van der Waals surface area contributed by atoms with Crippen LogP contribution in [0.1, 0.15) is 40.0 Å². The summed E-state index contributed by atoms with van der Waals surface area (Å²) in [4.78, 5) is 40.1. The van der Waals surface area contributed by atoms with E-state index in [1.807, 2.05) is 6.07 Å². The van der Waals surface area contributed by atoms with Crippen LogP contribution in [-0.4, -0.2) is 46.5 Å². The first-order valence-electron chi connectivity index (χ1n) is 12.2. The Balaban J connectivity index is 1.80. The summed E-state index contributed by atoms with van der Waals surface area (Å²) < 4.78 is 1.88. The van der Waals surface area contributed by atoms with Crippen molar-refractivity contribution >= 4 is 46.3 Å². The Morgan fingerprint density at radius 1 is 1.19 bits per heavy atom. The van der Waals surface area contributed by atoms with Crippen molar-refractivity contribution in [1.29, 1.82) is 10.5 Å². The summed E-state index contributed by atoms with van der Waals surface area (Å²) in [6.45, 7) is 6.42. The van der Waals surface area contributed by atoms with E-state index in [0.717, 1.165) is 24.2 Å². The molecule has 0 radical (unpaired) electrons. The molecule has 11 heteroatoms. The fraction of sp³-hybridized carbons (Fsp3) is 0.423. The van der Waals surface area contributed by atoms with Crippen molar-refractivity contribution in [2.75, 3.05) is 23.7 Å². The number of hydrogen-bond acceptors (Lipinski definition) is 8. The minimum atomic E-state index is -0.705. The molecule has 3 rings (SSSR count). The van der Waals surface area contributed by atoms with Gasteiger partial charge in [-0.15, -0.1) is 11.3 Å². The fourth-order valence-corrected chi connectivity index (χ4v) is 5.47. The summed E-state index contributed by atoms with van der Waals surface area (Å²) >= 11 is 1.01. The average Bonchev–Trinajstić information content (AvgIpc) is 3.19. The van der Waals surface area contributed by atoms with Crippen LogP contribution in [-0.2, 0) is 16.1 Å². The van der Waals surface area contributed by atoms with E-state index in [4.69, 9.17) is 5.26 Å². The zero-order valence-electron chi connectivity index (χ0n) is 21.2. The molecule has 1 aromatic carbocycles. The molecule has 1 saturated heterocycles. The Morgan fingerprint density at radius 3 is 2.54 bits per heavy atom. The lowest BCUT2D eigenvalue weighted by molar-refractivity contribution is -0.119. The molecule has 0 bridgehead atoms. The maximum absolute atomic E-state index is 12.9. The van der Waals surface area contributed by atoms with Gasteiger partial charge in [0.25, 0.3) is 11.5 Å². The number of benzene rings is 1. The summed E-state index contributed by atoms with van der Waals surface area (Å²) in [5, 5.41) is 26.6. The standard InChI is InChI=1S/C26H31N7O3S/c1-4-32-25(36)22(37-26(32)21(14-28)24(35)29-12-11-27)15-30-19-9-6-10-20(13-19)31-23(34)16-33-17(2)7-5-8-18(33)3/h6,9-10,13,15,17-18,30H,4-5,7-8,12,16H2,1-3H3,(H,29,35)(H,31,34). The molecular formula is C26H31N7O3S. The van der Waals surface area contributed by atoms with Crippen LogP contribution in [0.5, 0.6) is 0 Å². The van der Waals surface area contributed by atoms with Crippen LogP contribution < -0.4 is 30.7 Å². The van der Waals surface area contributed by atoms with Gasteiger partial charge in [0, 0.05) is 36.2 Å². The molecule has 2 heterocycles. The number of aromatic nitrogens is 1. The summed E-state index contributed by atoms with van der Waals surface area (Å²) in [5.41, 5.74) is 0.727. The lowest BCUT2D eigenvalue weighted by Gasteiger charge is -2.38. The SMILES string of the molecule is CCn1c(=C(C#N)C(=O)NCC#N)sc(=CNc2cccc(NC(=O)CN3C(C)CCCC3C)c2)c1=O. The number of rotatable bonds is 8. The zero-order valence-corrected chi connectivity index (χ0v) is 22.0. The molecule has 1 aromatic heterocycles. The van der Waals surface area contributed by atoms with Gasteiger partial charge in [0.2, 0.25) is 5.91 Å². The van der Waals surface area contributed by atoms with Gasteiger partial charge in [-0.05, 0) is 51.8 Å². The normalized spacial score (nSPS) is 18.9. The molecular weight excluding hydrogens is 490 g/mol. The molecule has 1 aliphatic rings. The quantitative estimate of drug-likeness (QED) is 0.444. The van der Waals surface area contributed by atoms with Crippen molar-refractivity contribution < 1.29 is 9.59 Å². The van der Waals surface area contributed by atoms with Crippen LogP contribution in [0.25, 0.3) is 11.8 Å². The van der Waals surface area contributed by atoms with E-state index in [1.165, 1.54) is 17.2 Å². The van der Waals surface area contributed by atoms with Gasteiger partial charge in [0.05, 0.1) is 12.6 Å². The molecule has 2 atom stereocenters. The molecule has 1 aliphatic heterocycles. The van der Waals surface area contributed by atoms with E-state index >= 15 is 0 Å². The Hall–Kier alpha value is -3.93. The highest BCUT2D eigenvalue weighted by atomic mass is 32.1. The number of anilines is 2. The topological polar surface area (TPSA) is 143 Å². The summed E-state index contributed by atoms with van der Waals surface area (Å²) in [6, 6.07) is 11.5. The van der Waals surface area contributed by atoms with Crippen molar-refractivity contribution in [3.63, 3.8) is 0 Å². The van der Waals surface area contributed by atoms with Gasteiger partial charge in [0.1, 0.15) is 21.8 Å². The van der Waals surface area contributed by atoms with Gasteiger partial charge in [-0.2, -0.15) is 10.5 Å². The van der Waals surface area contributed by atoms with Crippen LogP contribution >= 0.6 is 11.3 Å². The molecule has 2 aromatic rings. The van der Waals surface area contributed by atoms with Crippen molar-refractivity contribution in [3.8, 4) is 12.1 Å². The van der Waals surface area contributed by atoms with E-state index in [9.17, 15) is 19.6 Å². The van der Waals surface area contributed by atoms with Gasteiger partial charge in [-0.3, -0.25) is 23.9 Å². The van der Waals surface area contributed by atoms with Crippen molar-refractivity contribution in [1.82, 2.24) is 14.8 Å². The minimum Gasteiger partial charge on any atom is -0.360 e. The summed E-state index contributed by atoms with van der Waals surface area (Å²) in [6.07, 6.45) is 4.89. The molecule has 3 N–H and O–H groups in total. The van der Waals surface area contributed by atoms with Crippen molar-refractivity contribution in [2.45, 2.75) is 58.7 Å². The lowest BCUT2D eigenvalue weighted by atomic mass is 9.97. The third kappa shape index (κ3) is 6.85. The molecule has 0 spiro atoms. The van der Waals surface area contributed by atoms with Crippen molar-refractivity contribution in [3.05, 3.63) is 43.8 Å². The number of thiazole rings is 1. The summed E-state index contributed by atoms with van der Waals surface area (Å²) in [5.74, 6) is -0.784. The number of carbonyl (C=O) groups excluding carboxylic acids is 2. The highest BCUT2D eigenvalue weighted by Crippen LogP contribution is 2.22. The Bertz CT molecular complexity index is 1400. The molecule has 0 aliphatic carbocycles. The number of nitriles is 2. The van der Waals surface area contributed by atoms with E-state index in [-0.39, 0.29) is 34.8 Å². The van der Waals surface area contributed by atoms with Crippen LogP contribution in [0.4, 0.5) is 11.4 Å². The first-order chi connectivity index (χ1) is 17.8. The lowest BCUT2D eigenvalue weighted by Crippen LogP contribution is -2.47. The first kappa shape index (κ1) is 27.7. The predicted molar refractivity (Wildman–Crippen MR) is 144 cm³/mol. The third-order valence-corrected chi connectivity index (χ3v) is 7.45. The van der Waals surface area contributed by atoms with Gasteiger partial charge < -0.3 is 16.0 Å². The zero-order chi connectivity index (χ0) is 26.9. The number of amides is 2. The number of carbonyl (C=O) groups is 2. The molecule has 37 heavy (non-hydrogen) atoms. The number of piperidine rings is 1. The second-order valence-electron chi connectivity index (χ2n) is 8.87. The van der Waals surface area contributed by atoms with Gasteiger partial charge >= 0.3 is 0 Å². The largest absolute Gasteiger partial charge is 0.360 e. The van der Waals surface area contributed by atoms with Crippen LogP contribution in [0.15, 0.2) is 29.1 Å². The summed E-state index contributed by atoms with van der Waals surface area (Å²) in [7, 11) is 0. The number of likely N-dealkylation sites (tertiary alicyclic amines) is 1. The van der Waals surface area contributed by atoms with E-state index in [1.54, 1.807) is 37.3 Å². The van der Waals surface area contributed by atoms with E-state index < -0.39 is 5.91 Å². The highest BCUT2D eigenvalue weighted by Gasteiger charge is 2.26. The minimum absolute atomic E-state index is 0.0790. The molecule has 0 saturated carbocycles. The Morgan fingerprint density at radius 2 is 1.89 bits per heavy atom. The maximum Gasteiger partial charge on any atom is 0.270 e. The predicted octanol–water partition coefficient (Wildman–Crippen LogP) is 1.30. The third-order valence-electron chi connectivity index (χ3n) is 6.32. The van der Waals surface area contributed by atoms with Gasteiger partial charge in [0.15, 0.2) is 5.57 Å². The first-order valence-corrected chi connectivity index (χ1v) is 13.0. The smallest absolute Gasteiger partial charge is 0.270 e. The molecule has 2 unspecified atom stereocenters. The van der Waals surface area contributed by atoms with E-state index in [2.05, 4.69) is 34.7 Å². The van der Waals surface area contributed by atoms with E-state index in [0.29, 0.717) is 34.5 Å². The van der Waals surface area contributed by atoms with Crippen molar-refractivity contribution in [2.24, 2.45) is 0 Å². The van der Waals surface area contributed by atoms with Gasteiger partial charge in [-0.25, -0.2) is 0 Å². The monoisotopic (exact) mass is 521 g/mol. The van der Waals surface area contributed by atoms with Crippen LogP contribution in [0.3, 0.4) is 0 Å². The van der Waals surface area contributed by atoms with Crippen LogP contribution in [0, 0.1) is 22.7 Å². The average molecular weight is 522 g/mol. The van der Waals surface area contributed by atoms with Gasteiger partial charge in [-0.1, -0.05) is 12.5 Å². The Kier molecular flexibility index (Phi) is 9.61. The number of nitrogens with one attached hydrogen (secondary N) is 3. The second-order valence-corrected chi connectivity index (χ2v) is 9.90. The fourth-order valence-electron chi connectivity index (χ4n) is 4.38.